The van der Waals surface area contributed by atoms with Crippen LogP contribution in [0.2, 0.25) is 0 Å². The molecule has 1 unspecified atom stereocenters. The number of aliphatic hydroxyl groups is 1. The van der Waals surface area contributed by atoms with Crippen LogP contribution in [0.15, 0.2) is 66.2 Å². The average molecular weight is 475 g/mol. The van der Waals surface area contributed by atoms with Gasteiger partial charge in [0.25, 0.3) is 11.7 Å². The van der Waals surface area contributed by atoms with Gasteiger partial charge in [0.2, 0.25) is 0 Å². The second kappa shape index (κ2) is 10.2. The highest BCUT2D eigenvalue weighted by Gasteiger charge is 2.45. The molecular formula is C28H30N2O5. The zero-order valence-corrected chi connectivity index (χ0v) is 20.4. The molecule has 0 saturated carbocycles. The van der Waals surface area contributed by atoms with Gasteiger partial charge in [0.05, 0.1) is 25.8 Å². The number of fused-ring (bicyclic) bond motifs is 1. The topological polar surface area (TPSA) is 79.3 Å². The van der Waals surface area contributed by atoms with E-state index in [2.05, 4.69) is 0 Å². The third-order valence-corrected chi connectivity index (χ3v) is 6.30. The molecule has 1 atom stereocenters. The van der Waals surface area contributed by atoms with Crippen LogP contribution in [0.3, 0.4) is 0 Å². The molecule has 0 radical (unpaired) electrons. The quantitative estimate of drug-likeness (QED) is 0.299. The molecule has 7 heteroatoms. The number of aliphatic hydroxyl groups excluding tert-OH is 1. The standard InChI is InChI=1S/C28H30N2O5/c1-29(2)14-5-15-30-25(18-8-11-22(34-3)12-9-18)24(27(32)28(30)33)26(31)21-7-6-20-17-23(35-4)13-10-19(20)16-21/h6-13,16-17,25,31H,5,14-15H2,1-4H3/b26-24+. The SMILES string of the molecule is COc1ccc(C2/C(=C(\O)c3ccc4cc(OC)ccc4c3)C(=O)C(=O)N2CCCN(C)C)cc1. The number of likely N-dealkylation sites (tertiary alicyclic amines) is 1. The molecule has 0 aliphatic carbocycles. The van der Waals surface area contributed by atoms with Crippen molar-refractivity contribution in [3.63, 3.8) is 0 Å². The van der Waals surface area contributed by atoms with E-state index in [0.717, 1.165) is 28.6 Å². The molecule has 0 aromatic heterocycles. The maximum atomic E-state index is 13.2. The van der Waals surface area contributed by atoms with Crippen molar-refractivity contribution in [2.75, 3.05) is 41.4 Å². The third-order valence-electron chi connectivity index (χ3n) is 6.30. The van der Waals surface area contributed by atoms with Crippen molar-refractivity contribution in [3.05, 3.63) is 77.4 Å². The van der Waals surface area contributed by atoms with Crippen molar-refractivity contribution in [1.82, 2.24) is 9.80 Å². The fraction of sp³-hybridized carbons (Fsp3) is 0.286. The Bertz CT molecular complexity index is 1280. The Labute approximate surface area is 205 Å². The number of ketones is 1. The molecule has 3 aromatic rings. The van der Waals surface area contributed by atoms with E-state index in [4.69, 9.17) is 9.47 Å². The first-order valence-corrected chi connectivity index (χ1v) is 11.5. The molecule has 182 valence electrons. The van der Waals surface area contributed by atoms with Crippen molar-refractivity contribution in [2.45, 2.75) is 12.5 Å². The molecule has 1 N–H and O–H groups in total. The van der Waals surface area contributed by atoms with E-state index in [1.165, 1.54) is 0 Å². The molecule has 35 heavy (non-hydrogen) atoms. The zero-order valence-electron chi connectivity index (χ0n) is 20.4. The number of ether oxygens (including phenoxy) is 2. The summed E-state index contributed by atoms with van der Waals surface area (Å²) in [5.41, 5.74) is 1.31. The van der Waals surface area contributed by atoms with E-state index >= 15 is 0 Å². The number of Topliss-reactive ketones (excluding diaryl/α,β-unsaturated/α-hetero) is 1. The number of methoxy groups -OCH3 is 2. The molecule has 3 aromatic carbocycles. The predicted octanol–water partition coefficient (Wildman–Crippen LogP) is 4.23. The average Bonchev–Trinajstić information content (AvgIpc) is 3.12. The first-order chi connectivity index (χ1) is 16.8. The number of nitrogens with zero attached hydrogens (tertiary/aromatic N) is 2. The summed E-state index contributed by atoms with van der Waals surface area (Å²) in [6.45, 7) is 1.17. The van der Waals surface area contributed by atoms with Gasteiger partial charge in [-0.3, -0.25) is 9.59 Å². The van der Waals surface area contributed by atoms with Crippen molar-refractivity contribution >= 4 is 28.2 Å². The Hall–Kier alpha value is -3.84. The third kappa shape index (κ3) is 4.86. The lowest BCUT2D eigenvalue weighted by molar-refractivity contribution is -0.139. The highest BCUT2D eigenvalue weighted by molar-refractivity contribution is 6.46. The molecule has 7 nitrogen and oxygen atoms in total. The first-order valence-electron chi connectivity index (χ1n) is 11.5. The number of carbonyl (C=O) groups excluding carboxylic acids is 2. The van der Waals surface area contributed by atoms with Crippen LogP contribution in [0.1, 0.15) is 23.6 Å². The number of benzene rings is 3. The normalized spacial score (nSPS) is 17.4. The number of amides is 1. The molecule has 1 fully saturated rings. The lowest BCUT2D eigenvalue weighted by Gasteiger charge is -2.26. The number of carbonyl (C=O) groups is 2. The summed E-state index contributed by atoms with van der Waals surface area (Å²) < 4.78 is 10.6. The number of rotatable bonds is 8. The van der Waals surface area contributed by atoms with E-state index in [0.29, 0.717) is 24.3 Å². The second-order valence-electron chi connectivity index (χ2n) is 8.85. The second-order valence-corrected chi connectivity index (χ2v) is 8.85. The fourth-order valence-electron chi connectivity index (χ4n) is 4.45. The molecule has 0 bridgehead atoms. The van der Waals surface area contributed by atoms with Crippen molar-refractivity contribution in [1.29, 1.82) is 0 Å². The Balaban J connectivity index is 1.80. The summed E-state index contributed by atoms with van der Waals surface area (Å²) in [5.74, 6) is -0.0581. The van der Waals surface area contributed by atoms with E-state index in [9.17, 15) is 14.7 Å². The molecule has 1 amide bonds. The van der Waals surface area contributed by atoms with Crippen LogP contribution in [-0.2, 0) is 9.59 Å². The lowest BCUT2D eigenvalue weighted by Crippen LogP contribution is -2.32. The van der Waals surface area contributed by atoms with Crippen LogP contribution in [-0.4, -0.2) is 68.0 Å². The molecule has 1 heterocycles. The Morgan fingerprint density at radius 1 is 0.914 bits per heavy atom. The summed E-state index contributed by atoms with van der Waals surface area (Å²) >= 11 is 0. The van der Waals surface area contributed by atoms with Crippen LogP contribution < -0.4 is 9.47 Å². The first kappa shape index (κ1) is 24.3. The van der Waals surface area contributed by atoms with Gasteiger partial charge >= 0.3 is 0 Å². The maximum absolute atomic E-state index is 13.2. The summed E-state index contributed by atoms with van der Waals surface area (Å²) in [5, 5.41) is 13.2. The molecule has 1 saturated heterocycles. The minimum atomic E-state index is -0.686. The number of hydrogen-bond acceptors (Lipinski definition) is 6. The lowest BCUT2D eigenvalue weighted by atomic mass is 9.94. The van der Waals surface area contributed by atoms with Crippen LogP contribution in [0, 0.1) is 0 Å². The smallest absolute Gasteiger partial charge is 0.295 e. The van der Waals surface area contributed by atoms with Crippen molar-refractivity contribution < 1.29 is 24.2 Å². The fourth-order valence-corrected chi connectivity index (χ4v) is 4.45. The van der Waals surface area contributed by atoms with Gasteiger partial charge in [-0.15, -0.1) is 0 Å². The van der Waals surface area contributed by atoms with Gasteiger partial charge in [0.15, 0.2) is 0 Å². The predicted molar refractivity (Wildman–Crippen MR) is 136 cm³/mol. The van der Waals surface area contributed by atoms with Crippen LogP contribution in [0.5, 0.6) is 11.5 Å². The molecule has 4 rings (SSSR count). The van der Waals surface area contributed by atoms with Crippen molar-refractivity contribution in [2.24, 2.45) is 0 Å². The van der Waals surface area contributed by atoms with Crippen molar-refractivity contribution in [3.8, 4) is 11.5 Å². The maximum Gasteiger partial charge on any atom is 0.295 e. The van der Waals surface area contributed by atoms with Crippen LogP contribution in [0.25, 0.3) is 16.5 Å². The summed E-state index contributed by atoms with van der Waals surface area (Å²) in [7, 11) is 7.12. The van der Waals surface area contributed by atoms with E-state index in [-0.39, 0.29) is 11.3 Å². The van der Waals surface area contributed by atoms with Gasteiger partial charge in [-0.2, -0.15) is 0 Å². The van der Waals surface area contributed by atoms with Crippen LogP contribution in [0.4, 0.5) is 0 Å². The monoisotopic (exact) mass is 474 g/mol. The molecule has 1 aliphatic heterocycles. The highest BCUT2D eigenvalue weighted by Crippen LogP contribution is 2.40. The van der Waals surface area contributed by atoms with E-state index in [1.54, 1.807) is 37.3 Å². The van der Waals surface area contributed by atoms with Gasteiger partial charge in [0, 0.05) is 12.1 Å². The molecule has 0 spiro atoms. The van der Waals surface area contributed by atoms with E-state index in [1.807, 2.05) is 61.5 Å². The van der Waals surface area contributed by atoms with Gasteiger partial charge in [-0.1, -0.05) is 30.3 Å². The minimum absolute atomic E-state index is 0.0953. The molecular weight excluding hydrogens is 444 g/mol. The molecule has 1 aliphatic rings. The zero-order chi connectivity index (χ0) is 25.1. The largest absolute Gasteiger partial charge is 0.507 e. The van der Waals surface area contributed by atoms with Gasteiger partial charge in [-0.25, -0.2) is 0 Å². The van der Waals surface area contributed by atoms with E-state index < -0.39 is 17.7 Å². The Morgan fingerprint density at radius 3 is 2.20 bits per heavy atom. The minimum Gasteiger partial charge on any atom is -0.507 e. The van der Waals surface area contributed by atoms with Gasteiger partial charge < -0.3 is 24.4 Å². The Kier molecular flexibility index (Phi) is 7.07. The summed E-state index contributed by atoms with van der Waals surface area (Å²) in [6, 6.07) is 17.6. The highest BCUT2D eigenvalue weighted by atomic mass is 16.5. The number of hydrogen-bond donors (Lipinski definition) is 1. The Morgan fingerprint density at radius 2 is 1.54 bits per heavy atom. The van der Waals surface area contributed by atoms with Gasteiger partial charge in [0.1, 0.15) is 17.3 Å². The summed E-state index contributed by atoms with van der Waals surface area (Å²) in [4.78, 5) is 29.9. The van der Waals surface area contributed by atoms with Gasteiger partial charge in [-0.05, 0) is 73.7 Å². The summed E-state index contributed by atoms with van der Waals surface area (Å²) in [6.07, 6.45) is 0.699. The van der Waals surface area contributed by atoms with Crippen LogP contribution >= 0.6 is 0 Å².